The Morgan fingerprint density at radius 3 is 2.60 bits per heavy atom. The molecule has 2 unspecified atom stereocenters. The molecule has 10 heavy (non-hydrogen) atoms. The van der Waals surface area contributed by atoms with Gasteiger partial charge in [0.1, 0.15) is 0 Å². The van der Waals surface area contributed by atoms with Crippen LogP contribution in [0.15, 0.2) is 0 Å². The standard InChI is InChI=1S/C7H17NO2/c1-3-4-6(2)5-10-7(8)9/h6-7,9H,3-5,8H2,1-2H3. The number of hydrogen-bond acceptors (Lipinski definition) is 3. The predicted octanol–water partition coefficient (Wildman–Crippen LogP) is 0.674. The van der Waals surface area contributed by atoms with Crippen molar-refractivity contribution < 1.29 is 9.84 Å². The van der Waals surface area contributed by atoms with Crippen LogP contribution in [-0.2, 0) is 4.74 Å². The molecule has 0 saturated carbocycles. The monoisotopic (exact) mass is 147 g/mol. The molecule has 0 heterocycles. The second-order valence-corrected chi connectivity index (χ2v) is 2.62. The molecule has 0 aromatic carbocycles. The number of aliphatic hydroxyl groups is 1. The third kappa shape index (κ3) is 6.01. The Hall–Kier alpha value is -0.120. The lowest BCUT2D eigenvalue weighted by Gasteiger charge is -2.11. The fraction of sp³-hybridized carbons (Fsp3) is 1.00. The van der Waals surface area contributed by atoms with Crippen molar-refractivity contribution in [2.45, 2.75) is 33.1 Å². The molecule has 62 valence electrons. The zero-order chi connectivity index (χ0) is 7.98. The highest BCUT2D eigenvalue weighted by molar-refractivity contribution is 4.48. The van der Waals surface area contributed by atoms with E-state index in [9.17, 15) is 0 Å². The third-order valence-corrected chi connectivity index (χ3v) is 1.33. The van der Waals surface area contributed by atoms with Crippen LogP contribution in [-0.4, -0.2) is 18.1 Å². The third-order valence-electron chi connectivity index (χ3n) is 1.33. The van der Waals surface area contributed by atoms with Gasteiger partial charge in [-0.25, -0.2) is 0 Å². The summed E-state index contributed by atoms with van der Waals surface area (Å²) in [6.45, 7) is 4.74. The number of ether oxygens (including phenoxy) is 1. The molecule has 0 bridgehead atoms. The van der Waals surface area contributed by atoms with E-state index in [1.165, 1.54) is 0 Å². The average molecular weight is 147 g/mol. The number of hydrogen-bond donors (Lipinski definition) is 2. The minimum atomic E-state index is -1.11. The van der Waals surface area contributed by atoms with E-state index in [0.29, 0.717) is 12.5 Å². The van der Waals surface area contributed by atoms with Crippen LogP contribution in [0.25, 0.3) is 0 Å². The molecule has 0 aliphatic heterocycles. The summed E-state index contributed by atoms with van der Waals surface area (Å²) in [7, 11) is 0. The van der Waals surface area contributed by atoms with Gasteiger partial charge in [0, 0.05) is 0 Å². The lowest BCUT2D eigenvalue weighted by Crippen LogP contribution is -2.25. The molecule has 0 saturated heterocycles. The van der Waals surface area contributed by atoms with Crippen molar-refractivity contribution in [1.82, 2.24) is 0 Å². The second kappa shape index (κ2) is 5.65. The average Bonchev–Trinajstić information content (AvgIpc) is 1.85. The molecule has 0 rings (SSSR count). The molecule has 3 N–H and O–H groups in total. The largest absolute Gasteiger partial charge is 0.356 e. The Bertz CT molecular complexity index is 76.0. The summed E-state index contributed by atoms with van der Waals surface area (Å²) in [6.07, 6.45) is 1.15. The van der Waals surface area contributed by atoms with Crippen molar-refractivity contribution in [2.24, 2.45) is 11.7 Å². The van der Waals surface area contributed by atoms with E-state index in [1.807, 2.05) is 0 Å². The number of rotatable bonds is 5. The van der Waals surface area contributed by atoms with Crippen molar-refractivity contribution in [3.8, 4) is 0 Å². The topological polar surface area (TPSA) is 55.5 Å². The van der Waals surface area contributed by atoms with Crippen LogP contribution in [0, 0.1) is 5.92 Å². The first-order valence-electron chi connectivity index (χ1n) is 3.72. The van der Waals surface area contributed by atoms with E-state index >= 15 is 0 Å². The van der Waals surface area contributed by atoms with Gasteiger partial charge in [-0.2, -0.15) is 0 Å². The fourth-order valence-corrected chi connectivity index (χ4v) is 0.839. The number of aliphatic hydroxyl groups excluding tert-OH is 1. The van der Waals surface area contributed by atoms with Gasteiger partial charge in [0.15, 0.2) is 0 Å². The van der Waals surface area contributed by atoms with E-state index in [0.717, 1.165) is 12.8 Å². The fourth-order valence-electron chi connectivity index (χ4n) is 0.839. The highest BCUT2D eigenvalue weighted by Crippen LogP contribution is 2.04. The van der Waals surface area contributed by atoms with Crippen LogP contribution in [0.5, 0.6) is 0 Å². The molecule has 0 fully saturated rings. The van der Waals surface area contributed by atoms with Gasteiger partial charge >= 0.3 is 0 Å². The first-order valence-corrected chi connectivity index (χ1v) is 3.72. The molecular weight excluding hydrogens is 130 g/mol. The zero-order valence-electron chi connectivity index (χ0n) is 6.71. The molecule has 0 aromatic heterocycles. The lowest BCUT2D eigenvalue weighted by molar-refractivity contribution is -0.104. The molecule has 0 spiro atoms. The molecule has 3 nitrogen and oxygen atoms in total. The van der Waals surface area contributed by atoms with Gasteiger partial charge in [0.25, 0.3) is 0 Å². The van der Waals surface area contributed by atoms with E-state index in [4.69, 9.17) is 15.6 Å². The smallest absolute Gasteiger partial charge is 0.210 e. The summed E-state index contributed by atoms with van der Waals surface area (Å²) < 4.78 is 4.79. The molecule has 3 heteroatoms. The van der Waals surface area contributed by atoms with Crippen molar-refractivity contribution in [1.29, 1.82) is 0 Å². The molecule has 2 atom stereocenters. The van der Waals surface area contributed by atoms with E-state index in [2.05, 4.69) is 13.8 Å². The van der Waals surface area contributed by atoms with Crippen LogP contribution in [0.3, 0.4) is 0 Å². The minimum Gasteiger partial charge on any atom is -0.356 e. The Balaban J connectivity index is 3.12. The van der Waals surface area contributed by atoms with Crippen LogP contribution in [0.2, 0.25) is 0 Å². The summed E-state index contributed by atoms with van der Waals surface area (Å²) >= 11 is 0. The number of nitrogens with two attached hydrogens (primary N) is 1. The Morgan fingerprint density at radius 1 is 1.60 bits per heavy atom. The maximum atomic E-state index is 8.53. The molecule has 0 amide bonds. The van der Waals surface area contributed by atoms with E-state index in [-0.39, 0.29) is 0 Å². The Labute approximate surface area is 62.2 Å². The Kier molecular flexibility index (Phi) is 5.58. The maximum absolute atomic E-state index is 8.53. The van der Waals surface area contributed by atoms with Crippen molar-refractivity contribution in [3.05, 3.63) is 0 Å². The molecular formula is C7H17NO2. The lowest BCUT2D eigenvalue weighted by atomic mass is 10.1. The van der Waals surface area contributed by atoms with Crippen molar-refractivity contribution in [3.63, 3.8) is 0 Å². The predicted molar refractivity (Wildman–Crippen MR) is 40.2 cm³/mol. The maximum Gasteiger partial charge on any atom is 0.210 e. The van der Waals surface area contributed by atoms with Gasteiger partial charge in [-0.15, -0.1) is 0 Å². The van der Waals surface area contributed by atoms with Crippen LogP contribution in [0.1, 0.15) is 26.7 Å². The molecule has 0 aliphatic rings. The molecule has 0 aromatic rings. The highest BCUT2D eigenvalue weighted by atomic mass is 16.6. The van der Waals surface area contributed by atoms with Gasteiger partial charge in [-0.1, -0.05) is 20.3 Å². The first kappa shape index (κ1) is 9.88. The van der Waals surface area contributed by atoms with Gasteiger partial charge in [0.05, 0.1) is 6.61 Å². The summed E-state index contributed by atoms with van der Waals surface area (Å²) in [6, 6.07) is 0. The van der Waals surface area contributed by atoms with Crippen molar-refractivity contribution in [2.75, 3.05) is 6.61 Å². The van der Waals surface area contributed by atoms with Gasteiger partial charge in [-0.05, 0) is 12.3 Å². The molecule has 0 aliphatic carbocycles. The SMILES string of the molecule is CCCC(C)COC(N)O. The normalized spacial score (nSPS) is 16.8. The van der Waals surface area contributed by atoms with E-state index < -0.39 is 6.41 Å². The summed E-state index contributed by atoms with van der Waals surface area (Å²) in [5.41, 5.74) is 4.97. The first-order chi connectivity index (χ1) is 4.66. The summed E-state index contributed by atoms with van der Waals surface area (Å²) in [5, 5.41) is 8.53. The van der Waals surface area contributed by atoms with Crippen LogP contribution >= 0.6 is 0 Å². The van der Waals surface area contributed by atoms with Crippen LogP contribution in [0.4, 0.5) is 0 Å². The Morgan fingerprint density at radius 2 is 2.20 bits per heavy atom. The van der Waals surface area contributed by atoms with Crippen LogP contribution < -0.4 is 5.73 Å². The summed E-state index contributed by atoms with van der Waals surface area (Å²) in [5.74, 6) is 0.489. The van der Waals surface area contributed by atoms with Crippen molar-refractivity contribution >= 4 is 0 Å². The minimum absolute atomic E-state index is 0.489. The van der Waals surface area contributed by atoms with Gasteiger partial charge < -0.3 is 9.84 Å². The van der Waals surface area contributed by atoms with Gasteiger partial charge in [-0.3, -0.25) is 5.73 Å². The zero-order valence-corrected chi connectivity index (χ0v) is 6.71. The van der Waals surface area contributed by atoms with E-state index in [1.54, 1.807) is 0 Å². The highest BCUT2D eigenvalue weighted by Gasteiger charge is 2.02. The quantitative estimate of drug-likeness (QED) is 0.562. The second-order valence-electron chi connectivity index (χ2n) is 2.62. The molecule has 0 radical (unpaired) electrons. The van der Waals surface area contributed by atoms with Gasteiger partial charge in [0.2, 0.25) is 6.41 Å². The summed E-state index contributed by atoms with van der Waals surface area (Å²) in [4.78, 5) is 0.